The molecule has 0 unspecified atom stereocenters. The summed E-state index contributed by atoms with van der Waals surface area (Å²) in [7, 11) is 0. The molecule has 92 valence electrons. The molecule has 0 fully saturated rings. The summed E-state index contributed by atoms with van der Waals surface area (Å²) < 4.78 is 0. The van der Waals surface area contributed by atoms with Gasteiger partial charge in [-0.25, -0.2) is 0 Å². The Bertz CT molecular complexity index is 518. The van der Waals surface area contributed by atoms with Gasteiger partial charge in [-0.05, 0) is 35.4 Å². The molecule has 1 N–H and O–H groups in total. The minimum absolute atomic E-state index is 0.278. The zero-order valence-corrected chi connectivity index (χ0v) is 10.4. The van der Waals surface area contributed by atoms with E-state index in [4.69, 9.17) is 0 Å². The van der Waals surface area contributed by atoms with Gasteiger partial charge in [-0.2, -0.15) is 0 Å². The first kappa shape index (κ1) is 11.5. The maximum atomic E-state index is 9.21. The highest BCUT2D eigenvalue weighted by molar-refractivity contribution is 5.44. The van der Waals surface area contributed by atoms with E-state index in [-0.39, 0.29) is 6.61 Å². The highest BCUT2D eigenvalue weighted by Crippen LogP contribution is 2.46. The molecule has 1 aliphatic carbocycles. The summed E-state index contributed by atoms with van der Waals surface area (Å²) in [5.41, 5.74) is 4.27. The molecule has 2 aromatic rings. The molecule has 0 aromatic heterocycles. The smallest absolute Gasteiger partial charge is 0.0436 e. The minimum Gasteiger partial charge on any atom is -0.396 e. The van der Waals surface area contributed by atoms with Gasteiger partial charge in [0.1, 0.15) is 0 Å². The maximum absolute atomic E-state index is 9.21. The molecule has 1 aliphatic rings. The lowest BCUT2D eigenvalue weighted by Gasteiger charge is -2.12. The molecule has 0 saturated heterocycles. The van der Waals surface area contributed by atoms with Crippen LogP contribution < -0.4 is 0 Å². The topological polar surface area (TPSA) is 20.2 Å². The number of aliphatic hydroxyl groups is 1. The van der Waals surface area contributed by atoms with Crippen molar-refractivity contribution in [1.82, 2.24) is 0 Å². The van der Waals surface area contributed by atoms with Crippen molar-refractivity contribution in [2.75, 3.05) is 6.61 Å². The van der Waals surface area contributed by atoms with Crippen LogP contribution in [0.1, 0.15) is 41.4 Å². The quantitative estimate of drug-likeness (QED) is 0.864. The van der Waals surface area contributed by atoms with Crippen molar-refractivity contribution in [3.8, 4) is 0 Å². The summed E-state index contributed by atoms with van der Waals surface area (Å²) in [6.45, 7) is 0.278. The van der Waals surface area contributed by atoms with E-state index in [1.54, 1.807) is 0 Å². The van der Waals surface area contributed by atoms with E-state index in [1.165, 1.54) is 16.7 Å². The van der Waals surface area contributed by atoms with Crippen LogP contribution >= 0.6 is 0 Å². The highest BCUT2D eigenvalue weighted by Gasteiger charge is 2.30. The molecule has 0 amide bonds. The molecule has 3 rings (SSSR count). The van der Waals surface area contributed by atoms with Gasteiger partial charge in [0.05, 0.1) is 0 Å². The third kappa shape index (κ3) is 1.95. The molecule has 0 spiro atoms. The van der Waals surface area contributed by atoms with Crippen LogP contribution in [0.3, 0.4) is 0 Å². The fourth-order valence-electron chi connectivity index (χ4n) is 3.17. The van der Waals surface area contributed by atoms with Crippen LogP contribution in [0.15, 0.2) is 54.6 Å². The van der Waals surface area contributed by atoms with Gasteiger partial charge < -0.3 is 5.11 Å². The fourth-order valence-corrected chi connectivity index (χ4v) is 3.17. The number of hydrogen-bond donors (Lipinski definition) is 1. The third-order valence-electron chi connectivity index (χ3n) is 4.01. The van der Waals surface area contributed by atoms with Crippen molar-refractivity contribution in [3.63, 3.8) is 0 Å². The molecule has 0 bridgehead atoms. The SMILES string of the molecule is OCC[C@H]1C[C@@H](c2ccccc2)c2ccccc21. The first-order valence-corrected chi connectivity index (χ1v) is 6.65. The largest absolute Gasteiger partial charge is 0.396 e. The Morgan fingerprint density at radius 1 is 0.889 bits per heavy atom. The Balaban J connectivity index is 1.99. The summed E-state index contributed by atoms with van der Waals surface area (Å²) in [6.07, 6.45) is 2.00. The van der Waals surface area contributed by atoms with Crippen LogP contribution in [0, 0.1) is 0 Å². The molecule has 18 heavy (non-hydrogen) atoms. The van der Waals surface area contributed by atoms with E-state index < -0.39 is 0 Å². The fraction of sp³-hybridized carbons (Fsp3) is 0.294. The lowest BCUT2D eigenvalue weighted by Crippen LogP contribution is -1.98. The van der Waals surface area contributed by atoms with Gasteiger partial charge in [0, 0.05) is 12.5 Å². The van der Waals surface area contributed by atoms with Gasteiger partial charge >= 0.3 is 0 Å². The van der Waals surface area contributed by atoms with E-state index in [1.807, 2.05) is 0 Å². The predicted octanol–water partition coefficient (Wildman–Crippen LogP) is 3.69. The third-order valence-corrected chi connectivity index (χ3v) is 4.01. The number of hydrogen-bond acceptors (Lipinski definition) is 1. The molecule has 0 aliphatic heterocycles. The number of benzene rings is 2. The molecule has 2 atom stereocenters. The van der Waals surface area contributed by atoms with Crippen LogP contribution in [0.2, 0.25) is 0 Å². The summed E-state index contributed by atoms with van der Waals surface area (Å²) in [6, 6.07) is 19.4. The van der Waals surface area contributed by atoms with Gasteiger partial charge in [-0.15, -0.1) is 0 Å². The van der Waals surface area contributed by atoms with Gasteiger partial charge in [-0.1, -0.05) is 54.6 Å². The van der Waals surface area contributed by atoms with Crippen LogP contribution in [0.25, 0.3) is 0 Å². The van der Waals surface area contributed by atoms with Gasteiger partial charge in [0.15, 0.2) is 0 Å². The summed E-state index contributed by atoms with van der Waals surface area (Å²) in [5, 5.41) is 9.21. The summed E-state index contributed by atoms with van der Waals surface area (Å²) in [4.78, 5) is 0. The number of fused-ring (bicyclic) bond motifs is 1. The number of rotatable bonds is 3. The lowest BCUT2D eigenvalue weighted by atomic mass is 9.92. The van der Waals surface area contributed by atoms with Crippen LogP contribution in [-0.2, 0) is 0 Å². The molecule has 1 heteroatoms. The molecule has 2 aromatic carbocycles. The van der Waals surface area contributed by atoms with E-state index in [0.717, 1.165) is 12.8 Å². The average Bonchev–Trinajstić information content (AvgIpc) is 2.80. The normalized spacial score (nSPS) is 21.8. The van der Waals surface area contributed by atoms with Crippen LogP contribution in [0.4, 0.5) is 0 Å². The average molecular weight is 238 g/mol. The van der Waals surface area contributed by atoms with Crippen molar-refractivity contribution in [2.24, 2.45) is 0 Å². The molecule has 1 nitrogen and oxygen atoms in total. The standard InChI is InChI=1S/C17H18O/c18-11-10-14-12-17(13-6-2-1-3-7-13)16-9-5-4-8-15(14)16/h1-9,14,17-18H,10-12H2/t14-,17-/m0/s1. The van der Waals surface area contributed by atoms with E-state index in [2.05, 4.69) is 54.6 Å². The van der Waals surface area contributed by atoms with Crippen molar-refractivity contribution in [1.29, 1.82) is 0 Å². The Kier molecular flexibility index (Phi) is 3.16. The molecule has 0 saturated carbocycles. The second-order valence-corrected chi connectivity index (χ2v) is 5.04. The van der Waals surface area contributed by atoms with Crippen molar-refractivity contribution in [2.45, 2.75) is 24.7 Å². The first-order valence-electron chi connectivity index (χ1n) is 6.65. The second-order valence-electron chi connectivity index (χ2n) is 5.04. The van der Waals surface area contributed by atoms with Gasteiger partial charge in [0.25, 0.3) is 0 Å². The van der Waals surface area contributed by atoms with Crippen molar-refractivity contribution >= 4 is 0 Å². The highest BCUT2D eigenvalue weighted by atomic mass is 16.3. The Hall–Kier alpha value is -1.60. The van der Waals surface area contributed by atoms with E-state index in [9.17, 15) is 5.11 Å². The molecule has 0 radical (unpaired) electrons. The van der Waals surface area contributed by atoms with Crippen molar-refractivity contribution in [3.05, 3.63) is 71.3 Å². The van der Waals surface area contributed by atoms with Crippen LogP contribution in [0.5, 0.6) is 0 Å². The van der Waals surface area contributed by atoms with Gasteiger partial charge in [0.2, 0.25) is 0 Å². The lowest BCUT2D eigenvalue weighted by molar-refractivity contribution is 0.274. The first-order chi connectivity index (χ1) is 8.90. The van der Waals surface area contributed by atoms with Crippen LogP contribution in [-0.4, -0.2) is 11.7 Å². The maximum Gasteiger partial charge on any atom is 0.0436 e. The monoisotopic (exact) mass is 238 g/mol. The number of aliphatic hydroxyl groups excluding tert-OH is 1. The Morgan fingerprint density at radius 2 is 1.56 bits per heavy atom. The predicted molar refractivity (Wildman–Crippen MR) is 73.8 cm³/mol. The zero-order valence-electron chi connectivity index (χ0n) is 10.4. The van der Waals surface area contributed by atoms with E-state index in [0.29, 0.717) is 11.8 Å². The Morgan fingerprint density at radius 3 is 2.28 bits per heavy atom. The molecule has 0 heterocycles. The van der Waals surface area contributed by atoms with Gasteiger partial charge in [-0.3, -0.25) is 0 Å². The zero-order chi connectivity index (χ0) is 12.4. The second kappa shape index (κ2) is 4.95. The Labute approximate surface area is 108 Å². The van der Waals surface area contributed by atoms with E-state index >= 15 is 0 Å². The molecular weight excluding hydrogens is 220 g/mol. The summed E-state index contributed by atoms with van der Waals surface area (Å²) in [5.74, 6) is 1.01. The summed E-state index contributed by atoms with van der Waals surface area (Å²) >= 11 is 0. The molecular formula is C17H18O. The van der Waals surface area contributed by atoms with Crippen molar-refractivity contribution < 1.29 is 5.11 Å². The minimum atomic E-state index is 0.278.